The number of thioether (sulfide) groups is 1. The lowest BCUT2D eigenvalue weighted by Crippen LogP contribution is -2.14. The number of ether oxygens (including phenoxy) is 1. The SMILES string of the molecule is CC#Cc1cc(C)c(C2=C(OC(=O)Sc3ccccc3)CC(Cc3ccccn3)C2=O)c(C)c1. The minimum atomic E-state index is -0.450. The van der Waals surface area contributed by atoms with Crippen molar-refractivity contribution >= 4 is 28.4 Å². The molecule has 1 aliphatic carbocycles. The lowest BCUT2D eigenvalue weighted by Gasteiger charge is -2.14. The van der Waals surface area contributed by atoms with Gasteiger partial charge in [-0.05, 0) is 85.6 Å². The summed E-state index contributed by atoms with van der Waals surface area (Å²) in [7, 11) is 0. The molecule has 1 atom stereocenters. The number of carbonyl (C=O) groups is 2. The van der Waals surface area contributed by atoms with Crippen molar-refractivity contribution in [2.45, 2.75) is 38.5 Å². The smallest absolute Gasteiger partial charge is 0.377 e. The van der Waals surface area contributed by atoms with E-state index in [4.69, 9.17) is 4.74 Å². The van der Waals surface area contributed by atoms with Gasteiger partial charge >= 0.3 is 5.30 Å². The first-order valence-electron chi connectivity index (χ1n) is 11.1. The summed E-state index contributed by atoms with van der Waals surface area (Å²) in [5.41, 5.74) is 4.92. The van der Waals surface area contributed by atoms with Gasteiger partial charge < -0.3 is 4.74 Å². The van der Waals surface area contributed by atoms with Gasteiger partial charge in [0.1, 0.15) is 5.76 Å². The molecule has 1 aliphatic rings. The Morgan fingerprint density at radius 3 is 2.44 bits per heavy atom. The molecule has 1 unspecified atom stereocenters. The number of aryl methyl sites for hydroxylation is 2. The van der Waals surface area contributed by atoms with E-state index in [0.717, 1.165) is 44.6 Å². The average molecular weight is 468 g/mol. The number of allylic oxidation sites excluding steroid dienone is 2. The van der Waals surface area contributed by atoms with Crippen molar-refractivity contribution in [3.05, 3.63) is 101 Å². The van der Waals surface area contributed by atoms with Gasteiger partial charge in [-0.15, -0.1) is 5.92 Å². The third kappa shape index (κ3) is 5.30. The number of hydrogen-bond acceptors (Lipinski definition) is 5. The fourth-order valence-electron chi connectivity index (χ4n) is 4.33. The number of benzene rings is 2. The number of rotatable bonds is 5. The Balaban J connectivity index is 1.70. The molecule has 3 aromatic rings. The highest BCUT2D eigenvalue weighted by atomic mass is 32.2. The Morgan fingerprint density at radius 1 is 1.09 bits per heavy atom. The van der Waals surface area contributed by atoms with Crippen LogP contribution in [0.2, 0.25) is 0 Å². The van der Waals surface area contributed by atoms with Gasteiger partial charge in [0.25, 0.3) is 0 Å². The van der Waals surface area contributed by atoms with Gasteiger partial charge in [-0.3, -0.25) is 9.78 Å². The molecule has 2 aromatic carbocycles. The maximum atomic E-state index is 13.7. The molecule has 4 rings (SSSR count). The molecule has 5 heteroatoms. The first-order valence-corrected chi connectivity index (χ1v) is 11.9. The fourth-order valence-corrected chi connectivity index (χ4v) is 4.96. The molecule has 34 heavy (non-hydrogen) atoms. The van der Waals surface area contributed by atoms with Gasteiger partial charge in [-0.2, -0.15) is 0 Å². The van der Waals surface area contributed by atoms with Crippen LogP contribution in [0.15, 0.2) is 77.5 Å². The van der Waals surface area contributed by atoms with Gasteiger partial charge in [-0.1, -0.05) is 30.2 Å². The highest BCUT2D eigenvalue weighted by Gasteiger charge is 2.37. The zero-order chi connectivity index (χ0) is 24.1. The second-order valence-electron chi connectivity index (χ2n) is 8.22. The first kappa shape index (κ1) is 23.5. The summed E-state index contributed by atoms with van der Waals surface area (Å²) < 4.78 is 5.84. The maximum Gasteiger partial charge on any atom is 0.377 e. The van der Waals surface area contributed by atoms with Crippen LogP contribution in [0.3, 0.4) is 0 Å². The van der Waals surface area contributed by atoms with Crippen LogP contribution in [0, 0.1) is 31.6 Å². The molecule has 0 radical (unpaired) electrons. The van der Waals surface area contributed by atoms with Gasteiger partial charge in [0.2, 0.25) is 0 Å². The van der Waals surface area contributed by atoms with E-state index >= 15 is 0 Å². The largest absolute Gasteiger partial charge is 0.422 e. The zero-order valence-electron chi connectivity index (χ0n) is 19.4. The Morgan fingerprint density at radius 2 is 1.79 bits per heavy atom. The van der Waals surface area contributed by atoms with Crippen molar-refractivity contribution < 1.29 is 14.3 Å². The minimum absolute atomic E-state index is 0.0151. The minimum Gasteiger partial charge on any atom is -0.422 e. The van der Waals surface area contributed by atoms with Crippen LogP contribution in [0.25, 0.3) is 5.57 Å². The van der Waals surface area contributed by atoms with Crippen molar-refractivity contribution in [1.29, 1.82) is 0 Å². The van der Waals surface area contributed by atoms with E-state index in [1.54, 1.807) is 13.1 Å². The van der Waals surface area contributed by atoms with Crippen molar-refractivity contribution in [2.24, 2.45) is 5.92 Å². The maximum absolute atomic E-state index is 13.7. The molecule has 0 aliphatic heterocycles. The van der Waals surface area contributed by atoms with E-state index in [1.165, 1.54) is 0 Å². The lowest BCUT2D eigenvalue weighted by molar-refractivity contribution is -0.116. The average Bonchev–Trinajstić information content (AvgIpc) is 3.09. The Bertz CT molecular complexity index is 1290. The lowest BCUT2D eigenvalue weighted by atomic mass is 9.89. The number of carbonyl (C=O) groups excluding carboxylic acids is 2. The number of pyridine rings is 1. The fraction of sp³-hybridized carbons (Fsp3) is 0.207. The topological polar surface area (TPSA) is 56.3 Å². The molecule has 0 saturated heterocycles. The molecule has 1 aromatic heterocycles. The summed E-state index contributed by atoms with van der Waals surface area (Å²) in [6.07, 6.45) is 2.58. The predicted molar refractivity (Wildman–Crippen MR) is 135 cm³/mol. The van der Waals surface area contributed by atoms with Gasteiger partial charge in [0.15, 0.2) is 5.78 Å². The second kappa shape index (κ2) is 10.5. The molecule has 4 nitrogen and oxygen atoms in total. The molecule has 0 bridgehead atoms. The summed E-state index contributed by atoms with van der Waals surface area (Å²) in [6, 6.07) is 19.0. The van der Waals surface area contributed by atoms with Crippen molar-refractivity contribution in [3.63, 3.8) is 0 Å². The Labute approximate surface area is 204 Å². The summed E-state index contributed by atoms with van der Waals surface area (Å²) in [5.74, 6) is 6.09. The van der Waals surface area contributed by atoms with Crippen LogP contribution in [-0.4, -0.2) is 16.1 Å². The molecular weight excluding hydrogens is 442 g/mol. The zero-order valence-corrected chi connectivity index (χ0v) is 20.2. The highest BCUT2D eigenvalue weighted by Crippen LogP contribution is 2.40. The number of Topliss-reactive ketones (excluding diaryl/α,β-unsaturated/α-hetero) is 1. The van der Waals surface area contributed by atoms with E-state index in [1.807, 2.05) is 74.5 Å². The molecule has 1 heterocycles. The molecule has 0 N–H and O–H groups in total. The molecule has 0 saturated carbocycles. The standard InChI is InChI=1S/C29H25NO3S/c1-4-10-21-15-19(2)26(20(3)16-21)27-25(33-29(32)34-24-12-6-5-7-13-24)18-22(28(27)31)17-23-11-8-9-14-30-23/h5-9,11-16,22H,17-18H2,1-3H3. The third-order valence-corrected chi connectivity index (χ3v) is 6.47. The van der Waals surface area contributed by atoms with E-state index < -0.39 is 5.30 Å². The van der Waals surface area contributed by atoms with Gasteiger partial charge in [0.05, 0.1) is 5.57 Å². The third-order valence-electron chi connectivity index (χ3n) is 5.71. The number of ketones is 1. The van der Waals surface area contributed by atoms with E-state index in [9.17, 15) is 9.59 Å². The van der Waals surface area contributed by atoms with Crippen LogP contribution < -0.4 is 0 Å². The van der Waals surface area contributed by atoms with Crippen LogP contribution in [0.1, 0.15) is 41.3 Å². The van der Waals surface area contributed by atoms with E-state index in [2.05, 4.69) is 16.8 Å². The summed E-state index contributed by atoms with van der Waals surface area (Å²) in [4.78, 5) is 31.6. The van der Waals surface area contributed by atoms with E-state index in [0.29, 0.717) is 24.2 Å². The quantitative estimate of drug-likeness (QED) is 0.242. The highest BCUT2D eigenvalue weighted by molar-refractivity contribution is 8.13. The number of hydrogen-bond donors (Lipinski definition) is 0. The summed E-state index contributed by atoms with van der Waals surface area (Å²) >= 11 is 1.01. The summed E-state index contributed by atoms with van der Waals surface area (Å²) in [6.45, 7) is 5.73. The van der Waals surface area contributed by atoms with Crippen LogP contribution in [-0.2, 0) is 16.0 Å². The van der Waals surface area contributed by atoms with Gasteiger partial charge in [0, 0.05) is 41.1 Å². The molecule has 0 amide bonds. The molecule has 0 spiro atoms. The molecule has 0 fully saturated rings. The normalized spacial score (nSPS) is 15.1. The van der Waals surface area contributed by atoms with Crippen LogP contribution in [0.4, 0.5) is 4.79 Å². The van der Waals surface area contributed by atoms with Crippen LogP contribution in [0.5, 0.6) is 0 Å². The molecule has 170 valence electrons. The Hall–Kier alpha value is -3.62. The van der Waals surface area contributed by atoms with Gasteiger partial charge in [-0.25, -0.2) is 4.79 Å². The van der Waals surface area contributed by atoms with Crippen molar-refractivity contribution in [3.8, 4) is 11.8 Å². The van der Waals surface area contributed by atoms with Crippen LogP contribution >= 0.6 is 11.8 Å². The first-order chi connectivity index (χ1) is 16.5. The van der Waals surface area contributed by atoms with Crippen molar-refractivity contribution in [2.75, 3.05) is 0 Å². The summed E-state index contributed by atoms with van der Waals surface area (Å²) in [5, 5.41) is -0.450. The predicted octanol–water partition coefficient (Wildman–Crippen LogP) is 6.54. The van der Waals surface area contributed by atoms with Crippen molar-refractivity contribution in [1.82, 2.24) is 4.98 Å². The Kier molecular flexibility index (Phi) is 7.30. The number of aromatic nitrogens is 1. The second-order valence-corrected chi connectivity index (χ2v) is 9.22. The molecular formula is C29H25NO3S. The number of nitrogens with zero attached hydrogens (tertiary/aromatic N) is 1. The monoisotopic (exact) mass is 467 g/mol. The van der Waals surface area contributed by atoms with E-state index in [-0.39, 0.29) is 11.7 Å².